The molecule has 6 heteroatoms. The summed E-state index contributed by atoms with van der Waals surface area (Å²) in [7, 11) is 0. The summed E-state index contributed by atoms with van der Waals surface area (Å²) in [6.45, 7) is 7.77. The fourth-order valence-electron chi connectivity index (χ4n) is 2.05. The fourth-order valence-corrected chi connectivity index (χ4v) is 2.05. The first-order valence-corrected chi connectivity index (χ1v) is 6.54. The van der Waals surface area contributed by atoms with Gasteiger partial charge in [0.25, 0.3) is 0 Å². The van der Waals surface area contributed by atoms with Gasteiger partial charge in [-0.2, -0.15) is 0 Å². The van der Waals surface area contributed by atoms with Crippen LogP contribution >= 0.6 is 0 Å². The minimum Gasteiger partial charge on any atom is -0.466 e. The van der Waals surface area contributed by atoms with E-state index in [1.54, 1.807) is 27.7 Å². The molecule has 0 aromatic rings. The Morgan fingerprint density at radius 3 is 2.42 bits per heavy atom. The number of aliphatic hydroxyl groups is 1. The highest BCUT2D eigenvalue weighted by atomic mass is 16.6. The standard InChI is InChI=1S/C13H23NO5/c1-5-18-11(16)10-7-14(6-9(10)8-15)12(17)19-13(2,3)4/h9-10,15H,5-8H2,1-4H3/t9-,10+/m1/s1. The first kappa shape index (κ1) is 15.8. The Morgan fingerprint density at radius 1 is 1.32 bits per heavy atom. The lowest BCUT2D eigenvalue weighted by atomic mass is 9.97. The summed E-state index contributed by atoms with van der Waals surface area (Å²) in [6.07, 6.45) is -0.460. The van der Waals surface area contributed by atoms with E-state index in [4.69, 9.17) is 9.47 Å². The zero-order valence-corrected chi connectivity index (χ0v) is 12.0. The monoisotopic (exact) mass is 273 g/mol. The summed E-state index contributed by atoms with van der Waals surface area (Å²) >= 11 is 0. The van der Waals surface area contributed by atoms with Crippen LogP contribution in [0, 0.1) is 11.8 Å². The number of esters is 1. The van der Waals surface area contributed by atoms with Gasteiger partial charge in [-0.3, -0.25) is 4.79 Å². The Hall–Kier alpha value is -1.30. The highest BCUT2D eigenvalue weighted by Crippen LogP contribution is 2.26. The molecule has 110 valence electrons. The first-order valence-electron chi connectivity index (χ1n) is 6.54. The fraction of sp³-hybridized carbons (Fsp3) is 0.846. The van der Waals surface area contributed by atoms with Gasteiger partial charge in [0, 0.05) is 25.6 Å². The van der Waals surface area contributed by atoms with E-state index in [1.165, 1.54) is 4.90 Å². The normalized spacial score (nSPS) is 23.3. The van der Waals surface area contributed by atoms with Gasteiger partial charge < -0.3 is 19.5 Å². The van der Waals surface area contributed by atoms with Crippen LogP contribution in [0.1, 0.15) is 27.7 Å². The van der Waals surface area contributed by atoms with Crippen LogP contribution in [0.15, 0.2) is 0 Å². The topological polar surface area (TPSA) is 76.1 Å². The summed E-state index contributed by atoms with van der Waals surface area (Å²) in [5.74, 6) is -1.13. The predicted octanol–water partition coefficient (Wildman–Crippen LogP) is 1.02. The number of carbonyl (C=O) groups is 2. The maximum absolute atomic E-state index is 11.9. The Kier molecular flexibility index (Phi) is 5.17. The van der Waals surface area contributed by atoms with Gasteiger partial charge in [-0.15, -0.1) is 0 Å². The quantitative estimate of drug-likeness (QED) is 0.777. The molecule has 1 saturated heterocycles. The third-order valence-electron chi connectivity index (χ3n) is 2.92. The molecule has 1 rings (SSSR count). The molecule has 0 saturated carbocycles. The Morgan fingerprint density at radius 2 is 1.95 bits per heavy atom. The third kappa shape index (κ3) is 4.38. The van der Waals surface area contributed by atoms with E-state index in [0.717, 1.165) is 0 Å². The maximum Gasteiger partial charge on any atom is 0.410 e. The molecule has 0 aliphatic carbocycles. The smallest absolute Gasteiger partial charge is 0.410 e. The van der Waals surface area contributed by atoms with Crippen LogP contribution in [-0.4, -0.2) is 54.0 Å². The van der Waals surface area contributed by atoms with Crippen LogP contribution < -0.4 is 0 Å². The second-order valence-corrected chi connectivity index (χ2v) is 5.69. The van der Waals surface area contributed by atoms with E-state index in [2.05, 4.69) is 0 Å². The van der Waals surface area contributed by atoms with Crippen molar-refractivity contribution >= 4 is 12.1 Å². The Labute approximate surface area is 113 Å². The average Bonchev–Trinajstić information content (AvgIpc) is 2.71. The molecule has 0 aromatic carbocycles. The van der Waals surface area contributed by atoms with Crippen LogP contribution in [0.2, 0.25) is 0 Å². The summed E-state index contributed by atoms with van der Waals surface area (Å²) in [4.78, 5) is 25.1. The number of likely N-dealkylation sites (tertiary alicyclic amines) is 1. The highest BCUT2D eigenvalue weighted by Gasteiger charge is 2.41. The van der Waals surface area contributed by atoms with Crippen molar-refractivity contribution in [3.8, 4) is 0 Å². The largest absolute Gasteiger partial charge is 0.466 e. The van der Waals surface area contributed by atoms with Gasteiger partial charge in [0.05, 0.1) is 12.5 Å². The van der Waals surface area contributed by atoms with Crippen LogP contribution in [0.4, 0.5) is 4.79 Å². The average molecular weight is 273 g/mol. The second-order valence-electron chi connectivity index (χ2n) is 5.69. The van der Waals surface area contributed by atoms with E-state index < -0.39 is 17.6 Å². The molecular weight excluding hydrogens is 250 g/mol. The number of hydrogen-bond donors (Lipinski definition) is 1. The van der Waals surface area contributed by atoms with Gasteiger partial charge in [-0.1, -0.05) is 0 Å². The molecule has 0 spiro atoms. The van der Waals surface area contributed by atoms with Gasteiger partial charge in [-0.05, 0) is 27.7 Å². The summed E-state index contributed by atoms with van der Waals surface area (Å²) in [5, 5.41) is 9.30. The molecule has 1 amide bonds. The molecule has 2 atom stereocenters. The SMILES string of the molecule is CCOC(=O)[C@H]1CN(C(=O)OC(C)(C)C)C[C@@H]1CO. The van der Waals surface area contributed by atoms with E-state index in [0.29, 0.717) is 13.2 Å². The van der Waals surface area contributed by atoms with E-state index in [9.17, 15) is 14.7 Å². The third-order valence-corrected chi connectivity index (χ3v) is 2.92. The minimum atomic E-state index is -0.576. The van der Waals surface area contributed by atoms with Crippen LogP contribution in [-0.2, 0) is 14.3 Å². The number of aliphatic hydroxyl groups excluding tert-OH is 1. The van der Waals surface area contributed by atoms with Crippen LogP contribution in [0.5, 0.6) is 0 Å². The molecule has 1 N–H and O–H groups in total. The molecule has 0 bridgehead atoms. The van der Waals surface area contributed by atoms with Crippen molar-refractivity contribution in [1.82, 2.24) is 4.90 Å². The Balaban J connectivity index is 2.66. The molecule has 0 unspecified atom stereocenters. The van der Waals surface area contributed by atoms with Crippen molar-refractivity contribution < 1.29 is 24.2 Å². The van der Waals surface area contributed by atoms with Gasteiger partial charge in [-0.25, -0.2) is 4.79 Å². The summed E-state index contributed by atoms with van der Waals surface area (Å²) in [6, 6.07) is 0. The lowest BCUT2D eigenvalue weighted by Crippen LogP contribution is -2.36. The molecule has 6 nitrogen and oxygen atoms in total. The van der Waals surface area contributed by atoms with Crippen molar-refractivity contribution in [2.45, 2.75) is 33.3 Å². The molecule has 19 heavy (non-hydrogen) atoms. The van der Waals surface area contributed by atoms with Crippen molar-refractivity contribution in [2.24, 2.45) is 11.8 Å². The molecule has 1 fully saturated rings. The lowest BCUT2D eigenvalue weighted by molar-refractivity contribution is -0.149. The zero-order valence-electron chi connectivity index (χ0n) is 12.0. The van der Waals surface area contributed by atoms with E-state index >= 15 is 0 Å². The van der Waals surface area contributed by atoms with Gasteiger partial charge >= 0.3 is 12.1 Å². The first-order chi connectivity index (χ1) is 8.78. The van der Waals surface area contributed by atoms with Crippen LogP contribution in [0.3, 0.4) is 0 Å². The summed E-state index contributed by atoms with van der Waals surface area (Å²) < 4.78 is 10.2. The van der Waals surface area contributed by atoms with Gasteiger partial charge in [0.15, 0.2) is 0 Å². The molecule has 1 aliphatic rings. The Bertz CT molecular complexity index is 336. The van der Waals surface area contributed by atoms with Crippen LogP contribution in [0.25, 0.3) is 0 Å². The zero-order chi connectivity index (χ0) is 14.6. The second kappa shape index (κ2) is 6.23. The number of hydrogen-bond acceptors (Lipinski definition) is 5. The highest BCUT2D eigenvalue weighted by molar-refractivity contribution is 5.76. The number of ether oxygens (including phenoxy) is 2. The maximum atomic E-state index is 11.9. The predicted molar refractivity (Wildman–Crippen MR) is 68.5 cm³/mol. The molecule has 1 heterocycles. The van der Waals surface area contributed by atoms with Crippen molar-refractivity contribution in [2.75, 3.05) is 26.3 Å². The number of carbonyl (C=O) groups excluding carboxylic acids is 2. The number of amides is 1. The molecule has 1 aliphatic heterocycles. The van der Waals surface area contributed by atoms with E-state index in [1.807, 2.05) is 0 Å². The van der Waals surface area contributed by atoms with Crippen molar-refractivity contribution in [1.29, 1.82) is 0 Å². The van der Waals surface area contributed by atoms with Gasteiger partial charge in [0.1, 0.15) is 5.60 Å². The molecule has 0 radical (unpaired) electrons. The van der Waals surface area contributed by atoms with Crippen molar-refractivity contribution in [3.63, 3.8) is 0 Å². The van der Waals surface area contributed by atoms with E-state index in [-0.39, 0.29) is 25.0 Å². The van der Waals surface area contributed by atoms with Crippen molar-refractivity contribution in [3.05, 3.63) is 0 Å². The van der Waals surface area contributed by atoms with Gasteiger partial charge in [0.2, 0.25) is 0 Å². The summed E-state index contributed by atoms with van der Waals surface area (Å²) in [5.41, 5.74) is -0.576. The molecule has 0 aromatic heterocycles. The minimum absolute atomic E-state index is 0.150. The lowest BCUT2D eigenvalue weighted by Gasteiger charge is -2.24. The molecular formula is C13H23NO5. The number of nitrogens with zero attached hydrogens (tertiary/aromatic N) is 1. The number of rotatable bonds is 3.